The van der Waals surface area contributed by atoms with Gasteiger partial charge in [0, 0.05) is 24.4 Å². The number of carbonyl (C=O) groups excluding carboxylic acids is 2. The second kappa shape index (κ2) is 8.97. The van der Waals surface area contributed by atoms with Gasteiger partial charge in [-0.3, -0.25) is 4.79 Å². The quantitative estimate of drug-likeness (QED) is 0.775. The minimum absolute atomic E-state index is 0.0264. The monoisotopic (exact) mass is 349 g/mol. The first-order chi connectivity index (χ1) is 11.5. The highest BCUT2D eigenvalue weighted by atomic mass is 32.2. The molecule has 3 N–H and O–H groups in total. The van der Waals surface area contributed by atoms with Gasteiger partial charge in [0.05, 0.1) is 6.04 Å². The number of carbonyl (C=O) groups is 2. The van der Waals surface area contributed by atoms with Crippen LogP contribution in [-0.2, 0) is 4.79 Å². The maximum absolute atomic E-state index is 12.4. The number of likely N-dealkylation sites (tertiary alicyclic amines) is 1. The summed E-state index contributed by atoms with van der Waals surface area (Å²) in [4.78, 5) is 26.5. The summed E-state index contributed by atoms with van der Waals surface area (Å²) >= 11 is 1.81. The van der Waals surface area contributed by atoms with E-state index in [1.54, 1.807) is 0 Å². The van der Waals surface area contributed by atoms with Crippen molar-refractivity contribution in [2.24, 2.45) is 11.7 Å². The fourth-order valence-corrected chi connectivity index (χ4v) is 3.67. The van der Waals surface area contributed by atoms with E-state index in [2.05, 4.69) is 36.5 Å². The number of hydrogen-bond donors (Lipinski definition) is 2. The van der Waals surface area contributed by atoms with Gasteiger partial charge in [-0.25, -0.2) is 4.79 Å². The average Bonchev–Trinajstić information content (AvgIpc) is 2.56. The molecule has 1 saturated heterocycles. The lowest BCUT2D eigenvalue weighted by Gasteiger charge is -2.32. The highest BCUT2D eigenvalue weighted by Crippen LogP contribution is 2.22. The van der Waals surface area contributed by atoms with Crippen LogP contribution in [0.2, 0.25) is 0 Å². The fourth-order valence-electron chi connectivity index (χ4n) is 3.00. The molecule has 0 spiro atoms. The van der Waals surface area contributed by atoms with Crippen LogP contribution in [0.1, 0.15) is 44.7 Å². The molecule has 2 rings (SSSR count). The van der Waals surface area contributed by atoms with Gasteiger partial charge in [-0.05, 0) is 49.1 Å². The van der Waals surface area contributed by atoms with E-state index in [4.69, 9.17) is 5.73 Å². The lowest BCUT2D eigenvalue weighted by molar-refractivity contribution is -0.119. The molecule has 0 aliphatic carbocycles. The number of nitrogens with two attached hydrogens (primary N) is 1. The zero-order chi connectivity index (χ0) is 17.5. The summed E-state index contributed by atoms with van der Waals surface area (Å²) in [6, 6.07) is 8.28. The van der Waals surface area contributed by atoms with E-state index < -0.39 is 0 Å². The second-order valence-corrected chi connectivity index (χ2v) is 7.61. The van der Waals surface area contributed by atoms with E-state index >= 15 is 0 Å². The van der Waals surface area contributed by atoms with Crippen molar-refractivity contribution in [1.82, 2.24) is 10.2 Å². The number of amides is 3. The van der Waals surface area contributed by atoms with Gasteiger partial charge in [0.25, 0.3) is 0 Å². The Morgan fingerprint density at radius 2 is 1.92 bits per heavy atom. The number of nitrogens with one attached hydrogen (secondary N) is 1. The summed E-state index contributed by atoms with van der Waals surface area (Å²) in [5, 5.41) is 3.06. The van der Waals surface area contributed by atoms with Crippen molar-refractivity contribution in [1.29, 1.82) is 0 Å². The first-order valence-electron chi connectivity index (χ1n) is 8.56. The van der Waals surface area contributed by atoms with Gasteiger partial charge in [-0.1, -0.05) is 19.1 Å². The van der Waals surface area contributed by atoms with Crippen LogP contribution in [-0.4, -0.2) is 35.7 Å². The molecule has 3 amide bonds. The van der Waals surface area contributed by atoms with Crippen molar-refractivity contribution >= 4 is 23.7 Å². The van der Waals surface area contributed by atoms with E-state index in [-0.39, 0.29) is 18.0 Å². The molecule has 24 heavy (non-hydrogen) atoms. The van der Waals surface area contributed by atoms with E-state index in [0.717, 1.165) is 24.2 Å². The molecule has 6 heteroatoms. The van der Waals surface area contributed by atoms with Crippen molar-refractivity contribution in [3.8, 4) is 0 Å². The Morgan fingerprint density at radius 1 is 1.29 bits per heavy atom. The average molecular weight is 350 g/mol. The largest absolute Gasteiger partial charge is 0.370 e. The summed E-state index contributed by atoms with van der Waals surface area (Å²) in [5.74, 6) is 1.11. The molecule has 1 atom stereocenters. The van der Waals surface area contributed by atoms with Gasteiger partial charge >= 0.3 is 6.03 Å². The molecule has 1 fully saturated rings. The van der Waals surface area contributed by atoms with Crippen LogP contribution in [0.3, 0.4) is 0 Å². The molecule has 1 aliphatic rings. The number of rotatable bonds is 6. The number of thioether (sulfide) groups is 1. The molecule has 0 saturated carbocycles. The highest BCUT2D eigenvalue weighted by molar-refractivity contribution is 7.99. The van der Waals surface area contributed by atoms with Gasteiger partial charge in [0.1, 0.15) is 0 Å². The van der Waals surface area contributed by atoms with Crippen LogP contribution in [0.5, 0.6) is 0 Å². The Morgan fingerprint density at radius 3 is 2.46 bits per heavy atom. The van der Waals surface area contributed by atoms with Crippen LogP contribution in [0.15, 0.2) is 29.2 Å². The summed E-state index contributed by atoms with van der Waals surface area (Å²) < 4.78 is 0. The van der Waals surface area contributed by atoms with E-state index in [1.807, 2.05) is 23.6 Å². The van der Waals surface area contributed by atoms with Crippen LogP contribution < -0.4 is 11.1 Å². The highest BCUT2D eigenvalue weighted by Gasteiger charge is 2.24. The van der Waals surface area contributed by atoms with Crippen molar-refractivity contribution in [3.63, 3.8) is 0 Å². The summed E-state index contributed by atoms with van der Waals surface area (Å²) in [6.45, 7) is 5.50. The number of urea groups is 1. The van der Waals surface area contributed by atoms with Crippen molar-refractivity contribution in [2.75, 3.05) is 18.8 Å². The van der Waals surface area contributed by atoms with Crippen LogP contribution in [0, 0.1) is 5.92 Å². The Balaban J connectivity index is 1.82. The molecule has 1 heterocycles. The van der Waals surface area contributed by atoms with Crippen LogP contribution in [0.4, 0.5) is 4.79 Å². The molecule has 1 aliphatic heterocycles. The summed E-state index contributed by atoms with van der Waals surface area (Å²) in [5.41, 5.74) is 6.35. The molecule has 0 unspecified atom stereocenters. The molecular formula is C18H27N3O2S. The zero-order valence-electron chi connectivity index (χ0n) is 14.5. The van der Waals surface area contributed by atoms with E-state index in [1.165, 1.54) is 4.90 Å². The molecule has 0 radical (unpaired) electrons. The minimum Gasteiger partial charge on any atom is -0.370 e. The standard InChI is InChI=1S/C18H27N3O2S/c1-3-24-16-6-4-15(5-7-16)13(2)20-18(23)21-10-8-14(9-11-21)12-17(19)22/h4-7,13-14H,3,8-12H2,1-2H3,(H2,19,22)(H,20,23)/t13-/m1/s1. The Labute approximate surface area is 148 Å². The van der Waals surface area contributed by atoms with Gasteiger partial charge in [-0.2, -0.15) is 0 Å². The number of hydrogen-bond acceptors (Lipinski definition) is 3. The minimum atomic E-state index is -0.254. The molecular weight excluding hydrogens is 322 g/mol. The van der Waals surface area contributed by atoms with Gasteiger partial charge in [0.2, 0.25) is 5.91 Å². The summed E-state index contributed by atoms with van der Waals surface area (Å²) in [6.07, 6.45) is 2.11. The lowest BCUT2D eigenvalue weighted by Crippen LogP contribution is -2.45. The third-order valence-corrected chi connectivity index (χ3v) is 5.32. The number of benzene rings is 1. The molecule has 1 aromatic rings. The number of primary amides is 1. The first-order valence-corrected chi connectivity index (χ1v) is 9.54. The Hall–Kier alpha value is -1.69. The van der Waals surface area contributed by atoms with E-state index in [0.29, 0.717) is 25.4 Å². The maximum atomic E-state index is 12.4. The normalized spacial score (nSPS) is 16.7. The second-order valence-electron chi connectivity index (χ2n) is 6.27. The predicted molar refractivity (Wildman–Crippen MR) is 97.9 cm³/mol. The molecule has 5 nitrogen and oxygen atoms in total. The van der Waals surface area contributed by atoms with Crippen LogP contribution in [0.25, 0.3) is 0 Å². The van der Waals surface area contributed by atoms with Gasteiger partial charge in [-0.15, -0.1) is 11.8 Å². The van der Waals surface area contributed by atoms with E-state index in [9.17, 15) is 9.59 Å². The SMILES string of the molecule is CCSc1ccc([C@@H](C)NC(=O)N2CCC(CC(N)=O)CC2)cc1. The Kier molecular flexibility index (Phi) is 6.97. The summed E-state index contributed by atoms with van der Waals surface area (Å²) in [7, 11) is 0. The van der Waals surface area contributed by atoms with Crippen molar-refractivity contribution < 1.29 is 9.59 Å². The zero-order valence-corrected chi connectivity index (χ0v) is 15.3. The third kappa shape index (κ3) is 5.44. The van der Waals surface area contributed by atoms with Crippen molar-refractivity contribution in [3.05, 3.63) is 29.8 Å². The molecule has 1 aromatic carbocycles. The third-order valence-electron chi connectivity index (χ3n) is 4.42. The van der Waals surface area contributed by atoms with Crippen LogP contribution >= 0.6 is 11.8 Å². The molecule has 0 bridgehead atoms. The van der Waals surface area contributed by atoms with Gasteiger partial charge in [0.15, 0.2) is 0 Å². The fraction of sp³-hybridized carbons (Fsp3) is 0.556. The topological polar surface area (TPSA) is 75.4 Å². The van der Waals surface area contributed by atoms with Crippen molar-refractivity contribution in [2.45, 2.75) is 44.0 Å². The smallest absolute Gasteiger partial charge is 0.317 e. The molecule has 0 aromatic heterocycles. The maximum Gasteiger partial charge on any atom is 0.317 e. The van der Waals surface area contributed by atoms with Gasteiger partial charge < -0.3 is 16.0 Å². The molecule has 132 valence electrons. The number of nitrogens with zero attached hydrogens (tertiary/aromatic N) is 1. The lowest BCUT2D eigenvalue weighted by atomic mass is 9.93. The number of piperidine rings is 1. The predicted octanol–water partition coefficient (Wildman–Crippen LogP) is 3.16. The first kappa shape index (κ1) is 18.6. The Bertz CT molecular complexity index is 554.